The molecule has 6 nitrogen and oxygen atoms in total. The van der Waals surface area contributed by atoms with E-state index >= 15 is 0 Å². The van der Waals surface area contributed by atoms with Crippen molar-refractivity contribution >= 4 is 23.6 Å². The Kier molecular flexibility index (Phi) is 6.52. The second-order valence-electron chi connectivity index (χ2n) is 8.27. The molecule has 0 atom stereocenters. The highest BCUT2D eigenvalue weighted by Gasteiger charge is 2.28. The maximum absolute atomic E-state index is 12.7. The van der Waals surface area contributed by atoms with E-state index in [1.165, 1.54) is 0 Å². The summed E-state index contributed by atoms with van der Waals surface area (Å²) < 4.78 is 7.46. The van der Waals surface area contributed by atoms with Gasteiger partial charge in [0.1, 0.15) is 11.3 Å². The first-order chi connectivity index (χ1) is 13.7. The summed E-state index contributed by atoms with van der Waals surface area (Å²) in [5.41, 5.74) is 1.00. The summed E-state index contributed by atoms with van der Waals surface area (Å²) in [6.07, 6.45) is 3.21. The van der Waals surface area contributed by atoms with Crippen LogP contribution in [-0.2, 0) is 11.3 Å². The first kappa shape index (κ1) is 21.2. The van der Waals surface area contributed by atoms with Crippen molar-refractivity contribution in [2.75, 3.05) is 13.1 Å². The topological polar surface area (TPSA) is 63.6 Å². The third kappa shape index (κ3) is 5.54. The number of piperidine rings is 1. The fourth-order valence-electron chi connectivity index (χ4n) is 3.47. The predicted octanol–water partition coefficient (Wildman–Crippen LogP) is 4.64. The molecule has 3 rings (SSSR count). The number of benzene rings is 1. The number of carbonyl (C=O) groups excluding carboxylic acids is 2. The quantitative estimate of drug-likeness (QED) is 0.787. The van der Waals surface area contributed by atoms with Crippen LogP contribution in [0.15, 0.2) is 42.6 Å². The summed E-state index contributed by atoms with van der Waals surface area (Å²) in [6, 6.07) is 11.3. The Morgan fingerprint density at radius 1 is 1.14 bits per heavy atom. The number of hydrogen-bond acceptors (Lipinski definition) is 3. The Morgan fingerprint density at radius 2 is 1.83 bits per heavy atom. The minimum atomic E-state index is -0.499. The van der Waals surface area contributed by atoms with E-state index in [2.05, 4.69) is 5.32 Å². The number of rotatable bonds is 4. The molecule has 1 fully saturated rings. The summed E-state index contributed by atoms with van der Waals surface area (Å²) in [5, 5.41) is 3.58. The van der Waals surface area contributed by atoms with Crippen LogP contribution in [0.5, 0.6) is 0 Å². The molecular weight excluding hydrogens is 390 g/mol. The van der Waals surface area contributed by atoms with Crippen molar-refractivity contribution in [3.63, 3.8) is 0 Å². The van der Waals surface area contributed by atoms with Crippen LogP contribution < -0.4 is 5.32 Å². The van der Waals surface area contributed by atoms with Crippen LogP contribution in [0.1, 0.15) is 55.7 Å². The van der Waals surface area contributed by atoms with Gasteiger partial charge in [0.15, 0.2) is 0 Å². The van der Waals surface area contributed by atoms with E-state index < -0.39 is 5.60 Å². The van der Waals surface area contributed by atoms with Crippen LogP contribution in [0.4, 0.5) is 4.79 Å². The average Bonchev–Trinajstić information content (AvgIpc) is 3.16. The smallest absolute Gasteiger partial charge is 0.410 e. The van der Waals surface area contributed by atoms with Gasteiger partial charge < -0.3 is 19.5 Å². The minimum absolute atomic E-state index is 0.135. The molecule has 0 aliphatic carbocycles. The van der Waals surface area contributed by atoms with Crippen molar-refractivity contribution in [2.45, 2.75) is 51.8 Å². The van der Waals surface area contributed by atoms with E-state index in [9.17, 15) is 9.59 Å². The zero-order chi connectivity index (χ0) is 21.0. The van der Waals surface area contributed by atoms with Crippen molar-refractivity contribution < 1.29 is 14.3 Å². The van der Waals surface area contributed by atoms with Crippen molar-refractivity contribution in [1.82, 2.24) is 14.8 Å². The second-order valence-corrected chi connectivity index (χ2v) is 8.68. The number of amides is 2. The molecule has 1 N–H and O–H groups in total. The molecule has 2 amide bonds. The fourth-order valence-corrected chi connectivity index (χ4v) is 3.67. The van der Waals surface area contributed by atoms with Gasteiger partial charge in [-0.25, -0.2) is 4.79 Å². The van der Waals surface area contributed by atoms with Gasteiger partial charge in [0, 0.05) is 36.9 Å². The zero-order valence-corrected chi connectivity index (χ0v) is 17.9. The van der Waals surface area contributed by atoms with E-state index in [1.807, 2.05) is 67.9 Å². The molecule has 0 saturated carbocycles. The normalized spacial score (nSPS) is 15.2. The van der Waals surface area contributed by atoms with Crippen LogP contribution in [0, 0.1) is 0 Å². The maximum Gasteiger partial charge on any atom is 0.410 e. The summed E-state index contributed by atoms with van der Waals surface area (Å²) in [4.78, 5) is 26.7. The molecule has 156 valence electrons. The van der Waals surface area contributed by atoms with E-state index in [0.29, 0.717) is 30.4 Å². The van der Waals surface area contributed by atoms with Crippen molar-refractivity contribution in [1.29, 1.82) is 0 Å². The van der Waals surface area contributed by atoms with Gasteiger partial charge in [-0.2, -0.15) is 0 Å². The van der Waals surface area contributed by atoms with Crippen LogP contribution >= 0.6 is 11.6 Å². The van der Waals surface area contributed by atoms with E-state index in [4.69, 9.17) is 16.3 Å². The van der Waals surface area contributed by atoms with Gasteiger partial charge in [0.05, 0.1) is 0 Å². The first-order valence-corrected chi connectivity index (χ1v) is 10.3. The zero-order valence-electron chi connectivity index (χ0n) is 17.2. The number of likely N-dealkylation sites (tertiary alicyclic amines) is 1. The van der Waals surface area contributed by atoms with Crippen LogP contribution in [0.25, 0.3) is 0 Å². The Morgan fingerprint density at radius 3 is 2.48 bits per heavy atom. The Labute approximate surface area is 176 Å². The van der Waals surface area contributed by atoms with Gasteiger partial charge >= 0.3 is 6.09 Å². The van der Waals surface area contributed by atoms with E-state index in [0.717, 1.165) is 18.4 Å². The highest BCUT2D eigenvalue weighted by Crippen LogP contribution is 2.26. The number of hydrogen-bond donors (Lipinski definition) is 1. The van der Waals surface area contributed by atoms with Gasteiger partial charge in [-0.05, 0) is 57.4 Å². The van der Waals surface area contributed by atoms with Gasteiger partial charge in [0.2, 0.25) is 0 Å². The highest BCUT2D eigenvalue weighted by atomic mass is 35.5. The summed E-state index contributed by atoms with van der Waals surface area (Å²) >= 11 is 6.17. The monoisotopic (exact) mass is 417 g/mol. The standard InChI is InChI=1S/C22H28ClN3O3/c1-22(2,3)29-21(28)25-13-10-17(11-14-25)26-12-6-9-19(26)20(27)24-15-16-7-4-5-8-18(16)23/h4-9,12,17H,10-11,13-15H2,1-3H3,(H,24,27). The lowest BCUT2D eigenvalue weighted by atomic mass is 10.0. The maximum atomic E-state index is 12.7. The molecule has 1 aliphatic heterocycles. The molecule has 0 spiro atoms. The lowest BCUT2D eigenvalue weighted by molar-refractivity contribution is 0.0187. The van der Waals surface area contributed by atoms with Crippen LogP contribution in [0.3, 0.4) is 0 Å². The molecule has 1 aromatic carbocycles. The fraction of sp³-hybridized carbons (Fsp3) is 0.455. The van der Waals surface area contributed by atoms with Crippen LogP contribution in [0.2, 0.25) is 5.02 Å². The number of halogens is 1. The molecule has 1 aliphatic rings. The highest BCUT2D eigenvalue weighted by molar-refractivity contribution is 6.31. The Hall–Kier alpha value is -2.47. The summed E-state index contributed by atoms with van der Waals surface area (Å²) in [5.74, 6) is -0.135. The average molecular weight is 418 g/mol. The third-order valence-electron chi connectivity index (χ3n) is 4.92. The summed E-state index contributed by atoms with van der Waals surface area (Å²) in [6.45, 7) is 7.19. The van der Waals surface area contributed by atoms with Crippen LogP contribution in [-0.4, -0.2) is 40.2 Å². The largest absolute Gasteiger partial charge is 0.444 e. The number of nitrogens with one attached hydrogen (secondary N) is 1. The molecule has 2 aromatic rings. The van der Waals surface area contributed by atoms with Gasteiger partial charge in [-0.1, -0.05) is 29.8 Å². The number of carbonyl (C=O) groups is 2. The number of aromatic nitrogens is 1. The molecule has 29 heavy (non-hydrogen) atoms. The molecule has 0 unspecified atom stereocenters. The van der Waals surface area contributed by atoms with Gasteiger partial charge in [-0.3, -0.25) is 4.79 Å². The third-order valence-corrected chi connectivity index (χ3v) is 5.29. The predicted molar refractivity (Wildman–Crippen MR) is 113 cm³/mol. The lowest BCUT2D eigenvalue weighted by Gasteiger charge is -2.34. The Balaban J connectivity index is 1.58. The summed E-state index contributed by atoms with van der Waals surface area (Å²) in [7, 11) is 0. The van der Waals surface area contributed by atoms with Gasteiger partial charge in [0.25, 0.3) is 5.91 Å². The Bertz CT molecular complexity index is 864. The number of ether oxygens (including phenoxy) is 1. The molecule has 0 bridgehead atoms. The van der Waals surface area contributed by atoms with Crippen molar-refractivity contribution in [3.8, 4) is 0 Å². The SMILES string of the molecule is CC(C)(C)OC(=O)N1CCC(n2cccc2C(=O)NCc2ccccc2Cl)CC1. The van der Waals surface area contributed by atoms with Gasteiger partial charge in [-0.15, -0.1) is 0 Å². The molecule has 1 saturated heterocycles. The molecule has 1 aromatic heterocycles. The molecule has 0 radical (unpaired) electrons. The van der Waals surface area contributed by atoms with Crippen molar-refractivity contribution in [2.24, 2.45) is 0 Å². The second kappa shape index (κ2) is 8.91. The molecule has 2 heterocycles. The van der Waals surface area contributed by atoms with E-state index in [1.54, 1.807) is 4.90 Å². The minimum Gasteiger partial charge on any atom is -0.444 e. The van der Waals surface area contributed by atoms with E-state index in [-0.39, 0.29) is 18.0 Å². The lowest BCUT2D eigenvalue weighted by Crippen LogP contribution is -2.42. The first-order valence-electron chi connectivity index (χ1n) is 9.91. The molecular formula is C22H28ClN3O3. The number of nitrogens with zero attached hydrogens (tertiary/aromatic N) is 2. The molecule has 7 heteroatoms. The van der Waals surface area contributed by atoms with Crippen molar-refractivity contribution in [3.05, 3.63) is 58.9 Å².